The van der Waals surface area contributed by atoms with Gasteiger partial charge in [0.05, 0.1) is 17.1 Å². The van der Waals surface area contributed by atoms with Crippen LogP contribution in [0.5, 0.6) is 0 Å². The Balaban J connectivity index is 1.83. The molecule has 2 heterocycles. The molecule has 1 unspecified atom stereocenters. The number of hydrogen-bond acceptors (Lipinski definition) is 4. The van der Waals surface area contributed by atoms with Gasteiger partial charge in [-0.05, 0) is 31.0 Å². The van der Waals surface area contributed by atoms with Crippen LogP contribution >= 0.6 is 0 Å². The van der Waals surface area contributed by atoms with Crippen LogP contribution in [0, 0.1) is 6.92 Å². The molecule has 0 amide bonds. The molecule has 1 aromatic heterocycles. The first-order valence-electron chi connectivity index (χ1n) is 6.50. The highest BCUT2D eigenvalue weighted by atomic mass is 32.2. The molecular weight excluding hydrogens is 276 g/mol. The van der Waals surface area contributed by atoms with E-state index in [1.165, 1.54) is 4.31 Å². The van der Waals surface area contributed by atoms with Crippen LogP contribution < -0.4 is 0 Å². The average molecular weight is 292 g/mol. The second-order valence-corrected chi connectivity index (χ2v) is 6.94. The fraction of sp³-hybridized carbons (Fsp3) is 0.385. The van der Waals surface area contributed by atoms with E-state index in [-0.39, 0.29) is 6.04 Å². The van der Waals surface area contributed by atoms with Crippen molar-refractivity contribution in [2.24, 2.45) is 0 Å². The monoisotopic (exact) mass is 292 g/mol. The van der Waals surface area contributed by atoms with E-state index >= 15 is 0 Å². The zero-order valence-corrected chi connectivity index (χ0v) is 12.0. The molecule has 1 aliphatic rings. The average Bonchev–Trinajstić information content (AvgIpc) is 3.10. The summed E-state index contributed by atoms with van der Waals surface area (Å²) in [6.45, 7) is 2.85. The lowest BCUT2D eigenvalue weighted by Gasteiger charge is -2.16. The summed E-state index contributed by atoms with van der Waals surface area (Å²) in [4.78, 5) is 0.358. The molecule has 20 heavy (non-hydrogen) atoms. The largest absolute Gasteiger partial charge is 0.248 e. The van der Waals surface area contributed by atoms with Gasteiger partial charge in [0.1, 0.15) is 0 Å². The molecular formula is C13H16N4O2S. The third-order valence-electron chi connectivity index (χ3n) is 3.57. The molecule has 0 bridgehead atoms. The maximum Gasteiger partial charge on any atom is 0.243 e. The predicted molar refractivity (Wildman–Crippen MR) is 73.6 cm³/mol. The first-order chi connectivity index (χ1) is 9.57. The summed E-state index contributed by atoms with van der Waals surface area (Å²) >= 11 is 0. The highest BCUT2D eigenvalue weighted by molar-refractivity contribution is 7.89. The van der Waals surface area contributed by atoms with Gasteiger partial charge < -0.3 is 0 Å². The maximum atomic E-state index is 12.6. The number of rotatable bonds is 3. The lowest BCUT2D eigenvalue weighted by molar-refractivity contribution is 0.428. The van der Waals surface area contributed by atoms with Gasteiger partial charge in [0, 0.05) is 19.3 Å². The summed E-state index contributed by atoms with van der Waals surface area (Å²) in [6, 6.07) is 7.08. The number of sulfonamides is 1. The molecule has 7 heteroatoms. The van der Waals surface area contributed by atoms with Crippen LogP contribution in [0.4, 0.5) is 0 Å². The van der Waals surface area contributed by atoms with Crippen LogP contribution in [0.3, 0.4) is 0 Å². The van der Waals surface area contributed by atoms with Crippen molar-refractivity contribution in [3.05, 3.63) is 42.2 Å². The highest BCUT2D eigenvalue weighted by Gasteiger charge is 2.33. The van der Waals surface area contributed by atoms with Crippen molar-refractivity contribution in [2.75, 3.05) is 13.1 Å². The summed E-state index contributed by atoms with van der Waals surface area (Å²) in [5.41, 5.74) is 0.943. The number of hydrogen-bond donors (Lipinski definition) is 0. The van der Waals surface area contributed by atoms with Gasteiger partial charge in [0.25, 0.3) is 0 Å². The maximum absolute atomic E-state index is 12.6. The molecule has 0 aliphatic carbocycles. The molecule has 2 aromatic rings. The summed E-state index contributed by atoms with van der Waals surface area (Å²) in [5.74, 6) is 0. The van der Waals surface area contributed by atoms with Crippen molar-refractivity contribution in [2.45, 2.75) is 24.3 Å². The molecule has 1 aromatic carbocycles. The Kier molecular flexibility index (Phi) is 3.31. The molecule has 0 radical (unpaired) electrons. The number of aromatic nitrogens is 3. The van der Waals surface area contributed by atoms with Gasteiger partial charge in [0.15, 0.2) is 0 Å². The van der Waals surface area contributed by atoms with Crippen LogP contribution in [0.1, 0.15) is 18.0 Å². The fourth-order valence-corrected chi connectivity index (χ4v) is 4.08. The summed E-state index contributed by atoms with van der Waals surface area (Å²) in [7, 11) is -3.41. The molecule has 1 aliphatic heterocycles. The van der Waals surface area contributed by atoms with Gasteiger partial charge in [-0.2, -0.15) is 4.31 Å². The van der Waals surface area contributed by atoms with E-state index in [2.05, 4.69) is 10.3 Å². The Hall–Kier alpha value is -1.73. The predicted octanol–water partition coefficient (Wildman–Crippen LogP) is 1.22. The molecule has 106 valence electrons. The van der Waals surface area contributed by atoms with E-state index < -0.39 is 10.0 Å². The Labute approximate surface area is 118 Å². The van der Waals surface area contributed by atoms with E-state index in [9.17, 15) is 8.42 Å². The smallest absolute Gasteiger partial charge is 0.243 e. The van der Waals surface area contributed by atoms with Crippen LogP contribution in [0.2, 0.25) is 0 Å². The lowest BCUT2D eigenvalue weighted by atomic mass is 10.2. The number of nitrogens with zero attached hydrogens (tertiary/aromatic N) is 4. The third kappa shape index (κ3) is 2.34. The van der Waals surface area contributed by atoms with Gasteiger partial charge in [-0.25, -0.2) is 13.1 Å². The Bertz CT molecular complexity index is 697. The second kappa shape index (κ2) is 4.99. The summed E-state index contributed by atoms with van der Waals surface area (Å²) < 4.78 is 28.4. The van der Waals surface area contributed by atoms with Crippen molar-refractivity contribution >= 4 is 10.0 Å². The molecule has 6 nitrogen and oxygen atoms in total. The van der Waals surface area contributed by atoms with Crippen LogP contribution in [-0.2, 0) is 10.0 Å². The molecule has 0 spiro atoms. The van der Waals surface area contributed by atoms with Crippen molar-refractivity contribution in [1.82, 2.24) is 19.3 Å². The van der Waals surface area contributed by atoms with E-state index in [0.29, 0.717) is 18.0 Å². The molecule has 0 saturated carbocycles. The molecule has 3 rings (SSSR count). The quantitative estimate of drug-likeness (QED) is 0.853. The van der Waals surface area contributed by atoms with E-state index in [0.717, 1.165) is 12.0 Å². The zero-order chi connectivity index (χ0) is 14.2. The van der Waals surface area contributed by atoms with Crippen LogP contribution in [0.25, 0.3) is 0 Å². The van der Waals surface area contributed by atoms with Crippen molar-refractivity contribution in [3.63, 3.8) is 0 Å². The number of aryl methyl sites for hydroxylation is 1. The summed E-state index contributed by atoms with van der Waals surface area (Å²) in [6.07, 6.45) is 4.14. The molecule has 1 atom stereocenters. The topological polar surface area (TPSA) is 68.1 Å². The molecule has 0 N–H and O–H groups in total. The van der Waals surface area contributed by atoms with Gasteiger partial charge in [-0.1, -0.05) is 17.3 Å². The normalized spacial score (nSPS) is 20.4. The van der Waals surface area contributed by atoms with E-state index in [4.69, 9.17) is 0 Å². The van der Waals surface area contributed by atoms with Gasteiger partial charge in [-0.15, -0.1) is 5.10 Å². The van der Waals surface area contributed by atoms with Crippen LogP contribution in [-0.4, -0.2) is 40.8 Å². The Morgan fingerprint density at radius 2 is 2.20 bits per heavy atom. The lowest BCUT2D eigenvalue weighted by Crippen LogP contribution is -2.29. The molecule has 1 saturated heterocycles. The first kappa shape index (κ1) is 13.3. The van der Waals surface area contributed by atoms with Gasteiger partial charge in [0.2, 0.25) is 10.0 Å². The first-order valence-corrected chi connectivity index (χ1v) is 7.94. The standard InChI is InChI=1S/C13H16N4O2S/c1-11-3-2-4-13(9-11)20(18,19)16-7-5-12(10-16)17-8-6-14-15-17/h2-4,6,8-9,12H,5,7,10H2,1H3. The minimum atomic E-state index is -3.41. The van der Waals surface area contributed by atoms with Crippen molar-refractivity contribution < 1.29 is 8.42 Å². The second-order valence-electron chi connectivity index (χ2n) is 5.01. The summed E-state index contributed by atoms with van der Waals surface area (Å²) in [5, 5.41) is 7.72. The Morgan fingerprint density at radius 1 is 1.35 bits per heavy atom. The van der Waals surface area contributed by atoms with Crippen LogP contribution in [0.15, 0.2) is 41.6 Å². The highest BCUT2D eigenvalue weighted by Crippen LogP contribution is 2.26. The third-order valence-corrected chi connectivity index (χ3v) is 5.43. The number of benzene rings is 1. The fourth-order valence-electron chi connectivity index (χ4n) is 2.48. The van der Waals surface area contributed by atoms with Gasteiger partial charge >= 0.3 is 0 Å². The van der Waals surface area contributed by atoms with E-state index in [1.54, 1.807) is 35.3 Å². The minimum Gasteiger partial charge on any atom is -0.248 e. The SMILES string of the molecule is Cc1cccc(S(=O)(=O)N2CCC(n3ccnn3)C2)c1. The van der Waals surface area contributed by atoms with E-state index in [1.807, 2.05) is 13.0 Å². The van der Waals surface area contributed by atoms with Crippen molar-refractivity contribution in [1.29, 1.82) is 0 Å². The molecule has 1 fully saturated rings. The minimum absolute atomic E-state index is 0.0667. The van der Waals surface area contributed by atoms with Crippen molar-refractivity contribution in [3.8, 4) is 0 Å². The van der Waals surface area contributed by atoms with Gasteiger partial charge in [-0.3, -0.25) is 0 Å². The Morgan fingerprint density at radius 3 is 2.90 bits per heavy atom. The zero-order valence-electron chi connectivity index (χ0n) is 11.2.